The highest BCUT2D eigenvalue weighted by molar-refractivity contribution is 5.83. The van der Waals surface area contributed by atoms with Gasteiger partial charge in [-0.05, 0) is 75.5 Å². The van der Waals surface area contributed by atoms with Crippen LogP contribution in [-0.4, -0.2) is 18.5 Å². The molecule has 0 aromatic heterocycles. The molecular weight excluding hydrogens is 272 g/mol. The van der Waals surface area contributed by atoms with Crippen molar-refractivity contribution in [2.45, 2.75) is 85.2 Å². The van der Waals surface area contributed by atoms with E-state index in [1.165, 1.54) is 19.3 Å². The molecule has 0 spiro atoms. The zero-order valence-electron chi connectivity index (χ0n) is 15.6. The van der Waals surface area contributed by atoms with Crippen LogP contribution in [0.4, 0.5) is 0 Å². The molecule has 22 heavy (non-hydrogen) atoms. The standard InChI is InChI=1S/C20H36O2/c1-14(11-13-19(3,4)22-6)15(2)16-9-10-17-18(21)8-7-12-20(16,17)5/h14-17H,7-13H2,1-6H3/t14-,15-,16?,17?,20+/m0/s1. The summed E-state index contributed by atoms with van der Waals surface area (Å²) in [6, 6.07) is 0. The molecule has 2 saturated carbocycles. The van der Waals surface area contributed by atoms with E-state index in [0.717, 1.165) is 31.6 Å². The number of methoxy groups -OCH3 is 1. The van der Waals surface area contributed by atoms with Gasteiger partial charge in [-0.1, -0.05) is 20.8 Å². The number of hydrogen-bond acceptors (Lipinski definition) is 2. The fraction of sp³-hybridized carbons (Fsp3) is 0.950. The van der Waals surface area contributed by atoms with Gasteiger partial charge < -0.3 is 4.74 Å². The van der Waals surface area contributed by atoms with Gasteiger partial charge in [-0.25, -0.2) is 0 Å². The number of hydrogen-bond donors (Lipinski definition) is 0. The lowest BCUT2D eigenvalue weighted by Gasteiger charge is -2.44. The molecule has 0 aromatic rings. The Morgan fingerprint density at radius 1 is 1.32 bits per heavy atom. The van der Waals surface area contributed by atoms with Gasteiger partial charge in [0.2, 0.25) is 0 Å². The van der Waals surface area contributed by atoms with E-state index in [1.54, 1.807) is 0 Å². The molecule has 2 unspecified atom stereocenters. The van der Waals surface area contributed by atoms with Crippen LogP contribution in [0.1, 0.15) is 79.6 Å². The molecule has 2 nitrogen and oxygen atoms in total. The van der Waals surface area contributed by atoms with Crippen molar-refractivity contribution in [3.05, 3.63) is 0 Å². The van der Waals surface area contributed by atoms with Gasteiger partial charge in [-0.3, -0.25) is 4.79 Å². The maximum Gasteiger partial charge on any atom is 0.136 e. The molecule has 2 heteroatoms. The van der Waals surface area contributed by atoms with Gasteiger partial charge in [-0.2, -0.15) is 0 Å². The predicted molar refractivity (Wildman–Crippen MR) is 91.8 cm³/mol. The molecular formula is C20H36O2. The lowest BCUT2D eigenvalue weighted by atomic mass is 9.60. The van der Waals surface area contributed by atoms with Crippen molar-refractivity contribution in [1.82, 2.24) is 0 Å². The Balaban J connectivity index is 2.00. The minimum Gasteiger partial charge on any atom is -0.379 e. The second-order valence-corrected chi connectivity index (χ2v) is 8.90. The van der Waals surface area contributed by atoms with Crippen LogP contribution in [0.2, 0.25) is 0 Å². The molecule has 128 valence electrons. The van der Waals surface area contributed by atoms with Gasteiger partial charge in [0.1, 0.15) is 5.78 Å². The van der Waals surface area contributed by atoms with E-state index in [0.29, 0.717) is 23.5 Å². The number of fused-ring (bicyclic) bond motifs is 1. The summed E-state index contributed by atoms with van der Waals surface area (Å²) < 4.78 is 5.57. The monoisotopic (exact) mass is 308 g/mol. The quantitative estimate of drug-likeness (QED) is 0.670. The van der Waals surface area contributed by atoms with Crippen LogP contribution in [0, 0.1) is 29.1 Å². The zero-order chi connectivity index (χ0) is 16.5. The van der Waals surface area contributed by atoms with Crippen LogP contribution in [0.25, 0.3) is 0 Å². The van der Waals surface area contributed by atoms with Crippen LogP contribution in [-0.2, 0) is 9.53 Å². The lowest BCUT2D eigenvalue weighted by molar-refractivity contribution is -0.130. The summed E-state index contributed by atoms with van der Waals surface area (Å²) in [7, 11) is 1.81. The van der Waals surface area contributed by atoms with Crippen molar-refractivity contribution in [3.8, 4) is 0 Å². The van der Waals surface area contributed by atoms with Crippen LogP contribution in [0.3, 0.4) is 0 Å². The molecule has 0 aromatic carbocycles. The number of Topliss-reactive ketones (excluding diaryl/α,β-unsaturated/α-hetero) is 1. The van der Waals surface area contributed by atoms with Crippen molar-refractivity contribution >= 4 is 5.78 Å². The number of carbonyl (C=O) groups is 1. The van der Waals surface area contributed by atoms with Crippen molar-refractivity contribution in [2.24, 2.45) is 29.1 Å². The van der Waals surface area contributed by atoms with E-state index in [2.05, 4.69) is 34.6 Å². The van der Waals surface area contributed by atoms with Crippen molar-refractivity contribution in [2.75, 3.05) is 7.11 Å². The van der Waals surface area contributed by atoms with E-state index in [1.807, 2.05) is 7.11 Å². The minimum atomic E-state index is -0.0170. The largest absolute Gasteiger partial charge is 0.379 e. The fourth-order valence-electron chi connectivity index (χ4n) is 5.17. The Morgan fingerprint density at radius 3 is 2.64 bits per heavy atom. The maximum atomic E-state index is 12.3. The van der Waals surface area contributed by atoms with Gasteiger partial charge in [0.05, 0.1) is 5.60 Å². The highest BCUT2D eigenvalue weighted by Gasteiger charge is 2.52. The van der Waals surface area contributed by atoms with Crippen LogP contribution in [0.15, 0.2) is 0 Å². The molecule has 0 saturated heterocycles. The van der Waals surface area contributed by atoms with Crippen molar-refractivity contribution < 1.29 is 9.53 Å². The number of rotatable bonds is 6. The van der Waals surface area contributed by atoms with Crippen molar-refractivity contribution in [1.29, 1.82) is 0 Å². The highest BCUT2D eigenvalue weighted by Crippen LogP contribution is 2.57. The summed E-state index contributed by atoms with van der Waals surface area (Å²) >= 11 is 0. The molecule has 2 rings (SSSR count). The second-order valence-electron chi connectivity index (χ2n) is 8.90. The zero-order valence-corrected chi connectivity index (χ0v) is 15.6. The molecule has 0 heterocycles. The second kappa shape index (κ2) is 6.63. The van der Waals surface area contributed by atoms with Crippen molar-refractivity contribution in [3.63, 3.8) is 0 Å². The molecule has 0 N–H and O–H groups in total. The maximum absolute atomic E-state index is 12.3. The lowest BCUT2D eigenvalue weighted by Crippen LogP contribution is -2.40. The fourth-order valence-corrected chi connectivity index (χ4v) is 5.17. The molecule has 0 aliphatic heterocycles. The first kappa shape index (κ1) is 18.0. The van der Waals surface area contributed by atoms with Gasteiger partial charge in [0, 0.05) is 19.4 Å². The molecule has 0 bridgehead atoms. The molecule has 2 aliphatic carbocycles. The normalized spacial score (nSPS) is 35.3. The third-order valence-corrected chi connectivity index (χ3v) is 7.22. The Kier molecular flexibility index (Phi) is 5.42. The summed E-state index contributed by atoms with van der Waals surface area (Å²) in [5.41, 5.74) is 0.261. The van der Waals surface area contributed by atoms with Crippen LogP contribution < -0.4 is 0 Å². The average Bonchev–Trinajstić information content (AvgIpc) is 2.82. The van der Waals surface area contributed by atoms with Gasteiger partial charge in [-0.15, -0.1) is 0 Å². The van der Waals surface area contributed by atoms with E-state index in [9.17, 15) is 4.79 Å². The van der Waals surface area contributed by atoms with Gasteiger partial charge in [0.25, 0.3) is 0 Å². The summed E-state index contributed by atoms with van der Waals surface area (Å²) in [5.74, 6) is 3.04. The predicted octanol–water partition coefficient (Wildman–Crippen LogP) is 5.25. The Bertz CT molecular complexity index is 401. The van der Waals surface area contributed by atoms with Gasteiger partial charge >= 0.3 is 0 Å². The molecule has 5 atom stereocenters. The summed E-state index contributed by atoms with van der Waals surface area (Å²) in [4.78, 5) is 12.3. The molecule has 2 fully saturated rings. The summed E-state index contributed by atoms with van der Waals surface area (Å²) in [5, 5.41) is 0. The summed E-state index contributed by atoms with van der Waals surface area (Å²) in [6.45, 7) is 11.6. The molecule has 0 amide bonds. The summed E-state index contributed by atoms with van der Waals surface area (Å²) in [6.07, 6.45) is 7.93. The van der Waals surface area contributed by atoms with Gasteiger partial charge in [0.15, 0.2) is 0 Å². The minimum absolute atomic E-state index is 0.0170. The first-order valence-corrected chi connectivity index (χ1v) is 9.29. The Hall–Kier alpha value is -0.370. The number of ketones is 1. The Labute approximate surface area is 137 Å². The molecule has 0 radical (unpaired) electrons. The van der Waals surface area contributed by atoms with Crippen LogP contribution >= 0.6 is 0 Å². The number of ether oxygens (including phenoxy) is 1. The van der Waals surface area contributed by atoms with E-state index in [4.69, 9.17) is 4.74 Å². The Morgan fingerprint density at radius 2 is 2.00 bits per heavy atom. The third kappa shape index (κ3) is 3.42. The first-order chi connectivity index (χ1) is 10.2. The third-order valence-electron chi connectivity index (χ3n) is 7.22. The van der Waals surface area contributed by atoms with Crippen LogP contribution in [0.5, 0.6) is 0 Å². The van der Waals surface area contributed by atoms with E-state index >= 15 is 0 Å². The SMILES string of the molecule is COC(C)(C)CC[C@H](C)[C@H](C)C1CCC2C(=O)CCC[C@@]21C. The highest BCUT2D eigenvalue weighted by atomic mass is 16.5. The number of carbonyl (C=O) groups excluding carboxylic acids is 1. The van der Waals surface area contributed by atoms with E-state index < -0.39 is 0 Å². The first-order valence-electron chi connectivity index (χ1n) is 9.29. The smallest absolute Gasteiger partial charge is 0.136 e. The molecule has 2 aliphatic rings. The topological polar surface area (TPSA) is 26.3 Å². The average molecular weight is 309 g/mol. The van der Waals surface area contributed by atoms with E-state index in [-0.39, 0.29) is 11.0 Å².